The minimum Gasteiger partial charge on any atom is -0.444 e. The number of hydrogen-bond donors (Lipinski definition) is 1. The Labute approximate surface area is 225 Å². The lowest BCUT2D eigenvalue weighted by atomic mass is 9.88. The lowest BCUT2D eigenvalue weighted by Gasteiger charge is -2.31. The molecule has 0 aliphatic carbocycles. The smallest absolute Gasteiger partial charge is 0.410 e. The van der Waals surface area contributed by atoms with Crippen LogP contribution < -0.4 is 5.32 Å². The molecule has 2 heterocycles. The molecule has 3 aromatic rings. The van der Waals surface area contributed by atoms with Crippen LogP contribution in [0.3, 0.4) is 0 Å². The molecule has 2 amide bonds. The van der Waals surface area contributed by atoms with Gasteiger partial charge in [0.2, 0.25) is 5.76 Å². The average Bonchev–Trinajstić information content (AvgIpc) is 3.27. The van der Waals surface area contributed by atoms with Crippen molar-refractivity contribution in [2.75, 3.05) is 13.1 Å². The monoisotopic (exact) mass is 517 g/mol. The third-order valence-corrected chi connectivity index (χ3v) is 6.88. The average molecular weight is 518 g/mol. The summed E-state index contributed by atoms with van der Waals surface area (Å²) < 4.78 is 11.3. The van der Waals surface area contributed by atoms with Gasteiger partial charge in [-0.3, -0.25) is 4.79 Å². The van der Waals surface area contributed by atoms with Crippen LogP contribution in [0, 0.1) is 13.8 Å². The molecule has 0 fully saturated rings. The van der Waals surface area contributed by atoms with Crippen LogP contribution in [0.25, 0.3) is 22.4 Å². The second kappa shape index (κ2) is 10.6. The number of nitrogens with zero attached hydrogens (tertiary/aromatic N) is 2. The van der Waals surface area contributed by atoms with E-state index in [1.807, 2.05) is 39.8 Å². The Morgan fingerprint density at radius 2 is 1.84 bits per heavy atom. The van der Waals surface area contributed by atoms with Gasteiger partial charge < -0.3 is 19.5 Å². The van der Waals surface area contributed by atoms with Gasteiger partial charge in [0, 0.05) is 25.2 Å². The molecule has 0 unspecified atom stereocenters. The van der Waals surface area contributed by atoms with Crippen LogP contribution in [-0.2, 0) is 17.7 Å². The molecule has 1 N–H and O–H groups in total. The third-order valence-electron chi connectivity index (χ3n) is 6.88. The lowest BCUT2D eigenvalue weighted by molar-refractivity contribution is 0.0224. The van der Waals surface area contributed by atoms with Crippen LogP contribution in [0.1, 0.15) is 85.8 Å². The maximum Gasteiger partial charge on any atom is 0.410 e. The zero-order valence-electron chi connectivity index (χ0n) is 23.8. The van der Waals surface area contributed by atoms with Gasteiger partial charge in [-0.1, -0.05) is 43.3 Å². The van der Waals surface area contributed by atoms with Gasteiger partial charge in [0.1, 0.15) is 11.3 Å². The summed E-state index contributed by atoms with van der Waals surface area (Å²) >= 11 is 0. The fraction of sp³-hybridized carbons (Fsp3) is 0.452. The van der Waals surface area contributed by atoms with Gasteiger partial charge in [-0.15, -0.1) is 0 Å². The standard InChI is InChI=1S/C31H39N3O4/c1-9-32-29(35)28-26(27(33-38-28)25-16-24(18(2)3)19(4)14-20(25)5)22-10-11-23-17-34(13-12-21(23)15-22)30(36)37-31(6,7)8/h10-11,14-16,18H,9,12-13,17H2,1-8H3,(H,32,35). The SMILES string of the molecule is CCNC(=O)c1onc(-c2cc(C(C)C)c(C)cc2C)c1-c1ccc2c(c1)CCN(C(=O)OC(C)(C)C)C2. The van der Waals surface area contributed by atoms with E-state index in [4.69, 9.17) is 9.26 Å². The molecule has 0 radical (unpaired) electrons. The number of nitrogens with one attached hydrogen (secondary N) is 1. The largest absolute Gasteiger partial charge is 0.444 e. The van der Waals surface area contributed by atoms with E-state index in [1.165, 1.54) is 11.1 Å². The molecule has 7 nitrogen and oxygen atoms in total. The molecular weight excluding hydrogens is 478 g/mol. The van der Waals surface area contributed by atoms with Crippen molar-refractivity contribution in [3.8, 4) is 22.4 Å². The summed E-state index contributed by atoms with van der Waals surface area (Å²) in [5.41, 5.74) is 8.41. The molecule has 0 bridgehead atoms. The number of amides is 2. The van der Waals surface area contributed by atoms with Crippen LogP contribution in [0.5, 0.6) is 0 Å². The van der Waals surface area contributed by atoms with Crippen molar-refractivity contribution in [2.24, 2.45) is 0 Å². The minimum absolute atomic E-state index is 0.207. The van der Waals surface area contributed by atoms with E-state index >= 15 is 0 Å². The summed E-state index contributed by atoms with van der Waals surface area (Å²) in [5, 5.41) is 7.29. The maximum absolute atomic E-state index is 13.0. The van der Waals surface area contributed by atoms with Crippen molar-refractivity contribution in [3.05, 3.63) is 63.9 Å². The van der Waals surface area contributed by atoms with Crippen LogP contribution in [0.2, 0.25) is 0 Å². The van der Waals surface area contributed by atoms with E-state index < -0.39 is 5.60 Å². The number of carbonyl (C=O) groups excluding carboxylic acids is 2. The van der Waals surface area contributed by atoms with Crippen LogP contribution in [0.4, 0.5) is 4.79 Å². The molecule has 1 aromatic heterocycles. The summed E-state index contributed by atoms with van der Waals surface area (Å²) in [6.45, 7) is 17.6. The minimum atomic E-state index is -0.537. The zero-order valence-corrected chi connectivity index (χ0v) is 23.8. The first kappa shape index (κ1) is 27.4. The molecule has 1 aliphatic rings. The molecule has 38 heavy (non-hydrogen) atoms. The zero-order chi connectivity index (χ0) is 27.8. The number of fused-ring (bicyclic) bond motifs is 1. The number of carbonyl (C=O) groups is 2. The van der Waals surface area contributed by atoms with E-state index in [9.17, 15) is 9.59 Å². The molecule has 2 aromatic carbocycles. The van der Waals surface area contributed by atoms with Crippen molar-refractivity contribution >= 4 is 12.0 Å². The van der Waals surface area contributed by atoms with Crippen LogP contribution >= 0.6 is 0 Å². The summed E-state index contributed by atoms with van der Waals surface area (Å²) in [4.78, 5) is 27.4. The second-order valence-electron chi connectivity index (χ2n) is 11.4. The Balaban J connectivity index is 1.78. The predicted octanol–water partition coefficient (Wildman–Crippen LogP) is 6.79. The Morgan fingerprint density at radius 1 is 1.11 bits per heavy atom. The quantitative estimate of drug-likeness (QED) is 0.403. The fourth-order valence-corrected chi connectivity index (χ4v) is 5.07. The topological polar surface area (TPSA) is 84.7 Å². The molecule has 0 saturated carbocycles. The number of aryl methyl sites for hydroxylation is 2. The number of ether oxygens (including phenoxy) is 1. The van der Waals surface area contributed by atoms with Gasteiger partial charge in [0.05, 0.1) is 5.56 Å². The highest BCUT2D eigenvalue weighted by atomic mass is 16.6. The van der Waals surface area contributed by atoms with Gasteiger partial charge in [-0.05, 0) is 93.3 Å². The van der Waals surface area contributed by atoms with E-state index in [1.54, 1.807) is 4.90 Å². The first-order valence-corrected chi connectivity index (χ1v) is 13.4. The van der Waals surface area contributed by atoms with E-state index in [0.29, 0.717) is 43.2 Å². The van der Waals surface area contributed by atoms with Gasteiger partial charge >= 0.3 is 6.09 Å². The van der Waals surface area contributed by atoms with Gasteiger partial charge in [0.25, 0.3) is 5.91 Å². The van der Waals surface area contributed by atoms with Crippen LogP contribution in [-0.4, -0.2) is 40.7 Å². The number of benzene rings is 2. The highest BCUT2D eigenvalue weighted by Gasteiger charge is 2.29. The molecule has 7 heteroatoms. The first-order valence-electron chi connectivity index (χ1n) is 13.4. The number of hydrogen-bond acceptors (Lipinski definition) is 5. The summed E-state index contributed by atoms with van der Waals surface area (Å²) in [5.74, 6) is 0.271. The van der Waals surface area contributed by atoms with Gasteiger partial charge in [-0.2, -0.15) is 0 Å². The van der Waals surface area contributed by atoms with Crippen molar-refractivity contribution < 1.29 is 18.8 Å². The fourth-order valence-electron chi connectivity index (χ4n) is 5.07. The highest BCUT2D eigenvalue weighted by Crippen LogP contribution is 2.39. The van der Waals surface area contributed by atoms with E-state index in [0.717, 1.165) is 27.8 Å². The Bertz CT molecular complexity index is 1360. The molecule has 4 rings (SSSR count). The molecule has 0 saturated heterocycles. The molecular formula is C31H39N3O4. The highest BCUT2D eigenvalue weighted by molar-refractivity contribution is 6.02. The van der Waals surface area contributed by atoms with E-state index in [2.05, 4.69) is 56.4 Å². The van der Waals surface area contributed by atoms with Crippen LogP contribution in [0.15, 0.2) is 34.9 Å². The third kappa shape index (κ3) is 5.62. The van der Waals surface area contributed by atoms with Crippen molar-refractivity contribution in [3.63, 3.8) is 0 Å². The second-order valence-corrected chi connectivity index (χ2v) is 11.4. The van der Waals surface area contributed by atoms with E-state index in [-0.39, 0.29) is 17.8 Å². The van der Waals surface area contributed by atoms with Gasteiger partial charge in [0.15, 0.2) is 0 Å². The van der Waals surface area contributed by atoms with Crippen molar-refractivity contribution in [1.29, 1.82) is 0 Å². The normalized spacial score (nSPS) is 13.4. The summed E-state index contributed by atoms with van der Waals surface area (Å²) in [6.07, 6.45) is 0.392. The summed E-state index contributed by atoms with van der Waals surface area (Å²) in [6, 6.07) is 10.5. The number of aromatic nitrogens is 1. The first-order chi connectivity index (χ1) is 17.9. The molecule has 0 spiro atoms. The molecule has 1 aliphatic heterocycles. The number of rotatable bonds is 5. The predicted molar refractivity (Wildman–Crippen MR) is 149 cm³/mol. The maximum atomic E-state index is 13.0. The lowest BCUT2D eigenvalue weighted by Crippen LogP contribution is -2.39. The summed E-state index contributed by atoms with van der Waals surface area (Å²) in [7, 11) is 0. The van der Waals surface area contributed by atoms with Crippen molar-refractivity contribution in [1.82, 2.24) is 15.4 Å². The Morgan fingerprint density at radius 3 is 2.50 bits per heavy atom. The Hall–Kier alpha value is -3.61. The molecule has 0 atom stereocenters. The Kier molecular flexibility index (Phi) is 7.68. The molecule has 202 valence electrons. The van der Waals surface area contributed by atoms with Crippen molar-refractivity contribution in [2.45, 2.75) is 79.9 Å². The van der Waals surface area contributed by atoms with Gasteiger partial charge in [-0.25, -0.2) is 4.79 Å².